The molecule has 0 spiro atoms. The molecule has 0 rings (SSSR count). The average molecular weight is 285 g/mol. The summed E-state index contributed by atoms with van der Waals surface area (Å²) >= 11 is 0. The van der Waals surface area contributed by atoms with Crippen molar-refractivity contribution in [3.8, 4) is 0 Å². The van der Waals surface area contributed by atoms with Gasteiger partial charge in [0.15, 0.2) is 0 Å². The molecule has 0 saturated carbocycles. The molecule has 0 bridgehead atoms. The molecule has 1 unspecified atom stereocenters. The summed E-state index contributed by atoms with van der Waals surface area (Å²) in [4.78, 5) is 23.4. The maximum absolute atomic E-state index is 11.9. The van der Waals surface area contributed by atoms with Gasteiger partial charge >= 0.3 is 12.1 Å². The van der Waals surface area contributed by atoms with E-state index in [1.807, 2.05) is 6.92 Å². The Morgan fingerprint density at radius 2 is 1.85 bits per heavy atom. The van der Waals surface area contributed by atoms with E-state index < -0.39 is 12.1 Å². The van der Waals surface area contributed by atoms with Crippen LogP contribution in [-0.2, 0) is 14.3 Å². The van der Waals surface area contributed by atoms with Crippen LogP contribution in [0.25, 0.3) is 0 Å². The van der Waals surface area contributed by atoms with Gasteiger partial charge in [-0.2, -0.15) is 0 Å². The molecule has 0 aromatic carbocycles. The number of amides is 1. The maximum atomic E-state index is 11.9. The molecule has 1 N–H and O–H groups in total. The zero-order valence-corrected chi connectivity index (χ0v) is 12.7. The Bertz CT molecular complexity index is 292. The first kappa shape index (κ1) is 18.5. The van der Waals surface area contributed by atoms with E-state index in [2.05, 4.69) is 18.8 Å². The minimum atomic E-state index is -0.631. The Hall–Kier alpha value is -1.52. The summed E-state index contributed by atoms with van der Waals surface area (Å²) in [7, 11) is 0. The second-order valence-electron chi connectivity index (χ2n) is 4.60. The predicted molar refractivity (Wildman–Crippen MR) is 78.5 cm³/mol. The third-order valence-electron chi connectivity index (χ3n) is 2.75. The minimum Gasteiger partial charge on any atom is -0.464 e. The largest absolute Gasteiger partial charge is 0.464 e. The fourth-order valence-corrected chi connectivity index (χ4v) is 1.60. The summed E-state index contributed by atoms with van der Waals surface area (Å²) in [5.41, 5.74) is 0. The van der Waals surface area contributed by atoms with E-state index >= 15 is 0 Å². The van der Waals surface area contributed by atoms with Gasteiger partial charge in [-0.25, -0.2) is 9.59 Å². The first-order valence-electron chi connectivity index (χ1n) is 7.36. The van der Waals surface area contributed by atoms with Gasteiger partial charge < -0.3 is 14.8 Å². The number of hydrogen-bond acceptors (Lipinski definition) is 4. The van der Waals surface area contributed by atoms with Gasteiger partial charge in [0.05, 0.1) is 6.61 Å². The Kier molecular flexibility index (Phi) is 11.6. The summed E-state index contributed by atoms with van der Waals surface area (Å²) in [5, 5.41) is 2.54. The van der Waals surface area contributed by atoms with Crippen LogP contribution in [0.4, 0.5) is 4.79 Å². The third-order valence-corrected chi connectivity index (χ3v) is 2.75. The van der Waals surface area contributed by atoms with E-state index in [0.29, 0.717) is 13.0 Å². The fraction of sp³-hybridized carbons (Fsp3) is 0.733. The number of alkyl carbamates (subject to hydrolysis) is 1. The number of hydrogen-bond donors (Lipinski definition) is 1. The van der Waals surface area contributed by atoms with E-state index in [1.165, 1.54) is 6.08 Å². The molecule has 20 heavy (non-hydrogen) atoms. The lowest BCUT2D eigenvalue weighted by atomic mass is 10.1. The number of esters is 1. The van der Waals surface area contributed by atoms with Crippen molar-refractivity contribution in [3.63, 3.8) is 0 Å². The van der Waals surface area contributed by atoms with Crippen LogP contribution >= 0.6 is 0 Å². The summed E-state index contributed by atoms with van der Waals surface area (Å²) in [5.74, 6) is -0.384. The lowest BCUT2D eigenvalue weighted by Crippen LogP contribution is -2.42. The monoisotopic (exact) mass is 285 g/mol. The van der Waals surface area contributed by atoms with Crippen LogP contribution in [0.1, 0.15) is 52.4 Å². The lowest BCUT2D eigenvalue weighted by Gasteiger charge is -2.17. The highest BCUT2D eigenvalue weighted by atomic mass is 16.6. The molecule has 1 amide bonds. The standard InChI is InChI=1S/C15H27NO4/c1-4-7-9-12-19-14(17)13(10-8-5-2)16-15(18)20-11-6-3/h6,13H,3-5,7-12H2,1-2H3,(H,16,18). The van der Waals surface area contributed by atoms with Crippen LogP contribution in [0, 0.1) is 0 Å². The van der Waals surface area contributed by atoms with Crippen LogP contribution in [0.2, 0.25) is 0 Å². The van der Waals surface area contributed by atoms with Gasteiger partial charge in [-0.05, 0) is 12.8 Å². The van der Waals surface area contributed by atoms with Crippen molar-refractivity contribution in [1.29, 1.82) is 0 Å². The molecule has 0 aliphatic rings. The molecule has 0 saturated heterocycles. The van der Waals surface area contributed by atoms with Crippen LogP contribution in [0.5, 0.6) is 0 Å². The number of unbranched alkanes of at least 4 members (excludes halogenated alkanes) is 3. The molecule has 5 nitrogen and oxygen atoms in total. The molecule has 0 aliphatic carbocycles. The minimum absolute atomic E-state index is 0.123. The number of rotatable bonds is 11. The van der Waals surface area contributed by atoms with Gasteiger partial charge in [-0.3, -0.25) is 0 Å². The second-order valence-corrected chi connectivity index (χ2v) is 4.60. The van der Waals surface area contributed by atoms with Crippen molar-refractivity contribution >= 4 is 12.1 Å². The van der Waals surface area contributed by atoms with Gasteiger partial charge in [-0.15, -0.1) is 0 Å². The molecule has 0 radical (unpaired) electrons. The smallest absolute Gasteiger partial charge is 0.408 e. The van der Waals surface area contributed by atoms with E-state index in [9.17, 15) is 9.59 Å². The average Bonchev–Trinajstić information content (AvgIpc) is 2.45. The number of carbonyl (C=O) groups is 2. The van der Waals surface area contributed by atoms with E-state index in [0.717, 1.165) is 32.1 Å². The Morgan fingerprint density at radius 3 is 2.45 bits per heavy atom. The molecule has 0 aromatic heterocycles. The summed E-state index contributed by atoms with van der Waals surface area (Å²) < 4.78 is 10.00. The highest BCUT2D eigenvalue weighted by Gasteiger charge is 2.22. The molecular formula is C15H27NO4. The van der Waals surface area contributed by atoms with E-state index in [-0.39, 0.29) is 12.6 Å². The van der Waals surface area contributed by atoms with Crippen LogP contribution in [0.3, 0.4) is 0 Å². The predicted octanol–water partition coefficient (Wildman–Crippen LogP) is 3.19. The fourth-order valence-electron chi connectivity index (χ4n) is 1.60. The third kappa shape index (κ3) is 9.42. The molecule has 0 fully saturated rings. The first-order valence-corrected chi connectivity index (χ1v) is 7.36. The molecule has 5 heteroatoms. The van der Waals surface area contributed by atoms with Gasteiger partial charge in [0.1, 0.15) is 12.6 Å². The van der Waals surface area contributed by atoms with Crippen molar-refractivity contribution < 1.29 is 19.1 Å². The summed E-state index contributed by atoms with van der Waals surface area (Å²) in [6.07, 6.45) is 6.17. The zero-order chi connectivity index (χ0) is 15.2. The topological polar surface area (TPSA) is 64.6 Å². The van der Waals surface area contributed by atoms with Gasteiger partial charge in [-0.1, -0.05) is 52.2 Å². The number of carbonyl (C=O) groups excluding carboxylic acids is 2. The van der Waals surface area contributed by atoms with Crippen molar-refractivity contribution in [3.05, 3.63) is 12.7 Å². The summed E-state index contributed by atoms with van der Waals surface area (Å²) in [6.45, 7) is 8.10. The van der Waals surface area contributed by atoms with Gasteiger partial charge in [0, 0.05) is 0 Å². The van der Waals surface area contributed by atoms with Crippen LogP contribution < -0.4 is 5.32 Å². The Morgan fingerprint density at radius 1 is 1.15 bits per heavy atom. The van der Waals surface area contributed by atoms with Crippen molar-refractivity contribution in [1.82, 2.24) is 5.32 Å². The molecule has 0 aliphatic heterocycles. The van der Waals surface area contributed by atoms with Gasteiger partial charge in [0.2, 0.25) is 0 Å². The molecular weight excluding hydrogens is 258 g/mol. The highest BCUT2D eigenvalue weighted by molar-refractivity contribution is 5.81. The quantitative estimate of drug-likeness (QED) is 0.360. The summed E-state index contributed by atoms with van der Waals surface area (Å²) in [6, 6.07) is -0.631. The molecule has 0 aromatic rings. The normalized spacial score (nSPS) is 11.5. The highest BCUT2D eigenvalue weighted by Crippen LogP contribution is 2.05. The van der Waals surface area contributed by atoms with Crippen LogP contribution in [0.15, 0.2) is 12.7 Å². The maximum Gasteiger partial charge on any atom is 0.408 e. The second kappa shape index (κ2) is 12.5. The van der Waals surface area contributed by atoms with Crippen LogP contribution in [-0.4, -0.2) is 31.3 Å². The number of ether oxygens (including phenoxy) is 2. The van der Waals surface area contributed by atoms with Crippen molar-refractivity contribution in [2.24, 2.45) is 0 Å². The molecule has 1 atom stereocenters. The molecule has 116 valence electrons. The van der Waals surface area contributed by atoms with E-state index in [1.54, 1.807) is 0 Å². The zero-order valence-electron chi connectivity index (χ0n) is 12.7. The SMILES string of the molecule is C=CCOC(=O)NC(CCCC)C(=O)OCCCCC. The Balaban J connectivity index is 4.19. The number of nitrogens with one attached hydrogen (secondary N) is 1. The van der Waals surface area contributed by atoms with Gasteiger partial charge in [0.25, 0.3) is 0 Å². The first-order chi connectivity index (χ1) is 9.65. The lowest BCUT2D eigenvalue weighted by molar-refractivity contribution is -0.146. The van der Waals surface area contributed by atoms with Crippen molar-refractivity contribution in [2.75, 3.05) is 13.2 Å². The Labute approximate surface area is 121 Å². The molecule has 0 heterocycles. The van der Waals surface area contributed by atoms with Crippen molar-refractivity contribution in [2.45, 2.75) is 58.4 Å². The van der Waals surface area contributed by atoms with E-state index in [4.69, 9.17) is 9.47 Å².